The number of rotatable bonds is 7. The molecule has 3 aliphatic heterocycles. The molecule has 11 heteroatoms. The molecule has 0 radical (unpaired) electrons. The topological polar surface area (TPSA) is 118 Å². The van der Waals surface area contributed by atoms with Crippen LogP contribution in [0.3, 0.4) is 0 Å². The summed E-state index contributed by atoms with van der Waals surface area (Å²) in [6, 6.07) is 0. The van der Waals surface area contributed by atoms with Crippen molar-refractivity contribution in [2.24, 2.45) is 11.3 Å². The van der Waals surface area contributed by atoms with Gasteiger partial charge in [-0.2, -0.15) is 0 Å². The number of phosphoric acid groups is 1. The molecule has 0 aromatic rings. The zero-order valence-electron chi connectivity index (χ0n) is 19.3. The van der Waals surface area contributed by atoms with E-state index < -0.39 is 37.6 Å². The van der Waals surface area contributed by atoms with Gasteiger partial charge in [0.15, 0.2) is 12.0 Å². The van der Waals surface area contributed by atoms with E-state index in [2.05, 4.69) is 5.92 Å². The molecule has 0 aromatic heterocycles. The number of ketones is 1. The minimum Gasteiger partial charge on any atom is -0.462 e. The van der Waals surface area contributed by atoms with E-state index in [9.17, 15) is 18.9 Å². The van der Waals surface area contributed by atoms with Gasteiger partial charge < -0.3 is 9.47 Å². The maximum Gasteiger partial charge on any atom is 0.475 e. The first-order valence-electron chi connectivity index (χ1n) is 11.6. The molecule has 34 heavy (non-hydrogen) atoms. The van der Waals surface area contributed by atoms with Crippen LogP contribution in [0.15, 0.2) is 12.3 Å². The van der Waals surface area contributed by atoms with Crippen molar-refractivity contribution in [1.82, 2.24) is 4.90 Å². The van der Waals surface area contributed by atoms with Crippen LogP contribution in [0.2, 0.25) is 0 Å². The second-order valence-corrected chi connectivity index (χ2v) is 11.1. The number of esters is 1. The SMILES string of the molecule is C#C[C@]1(C)[C@@H]2O[P@@](=O)(OCC(C)CC(=O)OC3CCCC3)OC[C@H]2O[C@H]1N1C=CC(=O)CC1=O. The van der Waals surface area contributed by atoms with Crippen molar-refractivity contribution < 1.29 is 42.0 Å². The summed E-state index contributed by atoms with van der Waals surface area (Å²) >= 11 is 0. The van der Waals surface area contributed by atoms with Gasteiger partial charge in [-0.3, -0.25) is 32.9 Å². The third kappa shape index (κ3) is 5.14. The summed E-state index contributed by atoms with van der Waals surface area (Å²) in [4.78, 5) is 37.4. The lowest BCUT2D eigenvalue weighted by Crippen LogP contribution is -2.49. The largest absolute Gasteiger partial charge is 0.475 e. The fourth-order valence-electron chi connectivity index (χ4n) is 4.68. The Bertz CT molecular complexity index is 953. The first-order chi connectivity index (χ1) is 16.1. The maximum atomic E-state index is 13.2. The molecule has 1 saturated carbocycles. The molecular weight excluding hydrogens is 465 g/mol. The molecule has 1 amide bonds. The Labute approximate surface area is 198 Å². The molecule has 186 valence electrons. The Kier molecular flexibility index (Phi) is 7.32. The van der Waals surface area contributed by atoms with Crippen molar-refractivity contribution in [3.63, 3.8) is 0 Å². The van der Waals surface area contributed by atoms with Crippen LogP contribution in [-0.4, -0.2) is 60.3 Å². The Morgan fingerprint density at radius 3 is 2.79 bits per heavy atom. The van der Waals surface area contributed by atoms with Gasteiger partial charge >= 0.3 is 13.8 Å². The van der Waals surface area contributed by atoms with Crippen molar-refractivity contribution in [2.45, 2.75) is 76.9 Å². The maximum absolute atomic E-state index is 13.2. The number of allylic oxidation sites excluding steroid dienone is 1. The molecule has 1 aliphatic carbocycles. The van der Waals surface area contributed by atoms with Crippen LogP contribution in [0.1, 0.15) is 52.4 Å². The molecule has 3 fully saturated rings. The van der Waals surface area contributed by atoms with Gasteiger partial charge in [0.1, 0.15) is 23.7 Å². The number of ether oxygens (including phenoxy) is 2. The summed E-state index contributed by atoms with van der Waals surface area (Å²) in [6.45, 7) is 3.29. The number of amides is 1. The second-order valence-electron chi connectivity index (χ2n) is 9.48. The minimum atomic E-state index is -4.00. The van der Waals surface area contributed by atoms with Gasteiger partial charge in [0.25, 0.3) is 0 Å². The summed E-state index contributed by atoms with van der Waals surface area (Å²) in [6.07, 6.45) is 9.70. The number of carbonyl (C=O) groups excluding carboxylic acids is 3. The third-order valence-corrected chi connectivity index (χ3v) is 8.03. The molecule has 10 nitrogen and oxygen atoms in total. The fourth-order valence-corrected chi connectivity index (χ4v) is 6.27. The molecule has 1 unspecified atom stereocenters. The minimum absolute atomic E-state index is 0.0163. The predicted octanol–water partition coefficient (Wildman–Crippen LogP) is 2.72. The first-order valence-corrected chi connectivity index (χ1v) is 13.0. The highest BCUT2D eigenvalue weighted by molar-refractivity contribution is 7.48. The average molecular weight is 495 g/mol. The van der Waals surface area contributed by atoms with E-state index in [0.717, 1.165) is 25.7 Å². The lowest BCUT2D eigenvalue weighted by atomic mass is 9.82. The van der Waals surface area contributed by atoms with Crippen molar-refractivity contribution in [3.05, 3.63) is 12.3 Å². The molecule has 0 aromatic carbocycles. The van der Waals surface area contributed by atoms with E-state index in [1.54, 1.807) is 13.8 Å². The zero-order chi connectivity index (χ0) is 24.5. The lowest BCUT2D eigenvalue weighted by molar-refractivity contribution is -0.150. The monoisotopic (exact) mass is 495 g/mol. The lowest BCUT2D eigenvalue weighted by Gasteiger charge is -2.37. The summed E-state index contributed by atoms with van der Waals surface area (Å²) in [7, 11) is -4.00. The first kappa shape index (κ1) is 25.1. The molecule has 0 spiro atoms. The third-order valence-electron chi connectivity index (χ3n) is 6.62. The van der Waals surface area contributed by atoms with Crippen LogP contribution >= 0.6 is 7.82 Å². The molecule has 4 rings (SSSR count). The van der Waals surface area contributed by atoms with Gasteiger partial charge in [-0.25, -0.2) is 4.57 Å². The van der Waals surface area contributed by atoms with Crippen LogP contribution in [0.4, 0.5) is 0 Å². The predicted molar refractivity (Wildman–Crippen MR) is 118 cm³/mol. The van der Waals surface area contributed by atoms with Gasteiger partial charge in [-0.15, -0.1) is 6.42 Å². The van der Waals surface area contributed by atoms with Gasteiger partial charge in [-0.05, 0) is 44.6 Å². The Balaban J connectivity index is 1.36. The number of phosphoric ester groups is 1. The number of hydrogen-bond acceptors (Lipinski definition) is 9. The molecule has 6 atom stereocenters. The van der Waals surface area contributed by atoms with Crippen molar-refractivity contribution in [1.29, 1.82) is 0 Å². The number of fused-ring (bicyclic) bond motifs is 1. The van der Waals surface area contributed by atoms with Crippen LogP contribution in [0, 0.1) is 23.7 Å². The van der Waals surface area contributed by atoms with E-state index in [1.807, 2.05) is 0 Å². The average Bonchev–Trinajstić information content (AvgIpc) is 3.39. The molecule has 2 saturated heterocycles. The standard InChI is InChI=1S/C23H30NO9P/c1-4-23(3)21-18(32-22(23)24-10-9-16(25)12-19(24)26)14-30-34(28,33-21)29-13-15(2)11-20(27)31-17-7-5-6-8-17/h1,9-10,15,17-18,21-22H,5-8,11-14H2,2-3H3/t15?,18-,21-,22-,23-,34+/m1/s1. The Hall–Kier alpha value is -2.02. The number of terminal acetylenes is 1. The quantitative estimate of drug-likeness (QED) is 0.227. The molecule has 0 N–H and O–H groups in total. The smallest absolute Gasteiger partial charge is 0.462 e. The summed E-state index contributed by atoms with van der Waals surface area (Å²) < 4.78 is 41.2. The van der Waals surface area contributed by atoms with E-state index in [-0.39, 0.29) is 49.8 Å². The highest BCUT2D eigenvalue weighted by Gasteiger charge is 2.61. The van der Waals surface area contributed by atoms with E-state index in [4.69, 9.17) is 29.5 Å². The van der Waals surface area contributed by atoms with Gasteiger partial charge in [0, 0.05) is 6.20 Å². The molecule has 3 heterocycles. The number of carbonyl (C=O) groups is 3. The fraction of sp³-hybridized carbons (Fsp3) is 0.696. The van der Waals surface area contributed by atoms with Crippen LogP contribution in [0.25, 0.3) is 0 Å². The molecule has 4 aliphatic rings. The highest BCUT2D eigenvalue weighted by Crippen LogP contribution is 2.59. The van der Waals surface area contributed by atoms with E-state index in [0.29, 0.717) is 0 Å². The van der Waals surface area contributed by atoms with Crippen molar-refractivity contribution in [2.75, 3.05) is 13.2 Å². The van der Waals surface area contributed by atoms with E-state index >= 15 is 0 Å². The Morgan fingerprint density at radius 2 is 2.12 bits per heavy atom. The van der Waals surface area contributed by atoms with Crippen LogP contribution in [0.5, 0.6) is 0 Å². The summed E-state index contributed by atoms with van der Waals surface area (Å²) in [5, 5.41) is 0. The van der Waals surface area contributed by atoms with Crippen LogP contribution in [-0.2, 0) is 42.0 Å². The number of nitrogens with zero attached hydrogens (tertiary/aromatic N) is 1. The normalized spacial score (nSPS) is 36.9. The summed E-state index contributed by atoms with van der Waals surface area (Å²) in [5.41, 5.74) is -1.18. The molecule has 0 bridgehead atoms. The summed E-state index contributed by atoms with van der Waals surface area (Å²) in [5.74, 6) is 1.29. The van der Waals surface area contributed by atoms with Gasteiger partial charge in [-0.1, -0.05) is 12.8 Å². The van der Waals surface area contributed by atoms with E-state index in [1.165, 1.54) is 17.2 Å². The zero-order valence-corrected chi connectivity index (χ0v) is 20.2. The van der Waals surface area contributed by atoms with Crippen LogP contribution < -0.4 is 0 Å². The van der Waals surface area contributed by atoms with Gasteiger partial charge in [0.2, 0.25) is 5.91 Å². The molecular formula is C23H30NO9P. The second kappa shape index (κ2) is 9.92. The Morgan fingerprint density at radius 1 is 1.38 bits per heavy atom. The highest BCUT2D eigenvalue weighted by atomic mass is 31.2. The number of hydrogen-bond donors (Lipinski definition) is 0. The van der Waals surface area contributed by atoms with Gasteiger partial charge in [0.05, 0.1) is 26.1 Å². The van der Waals surface area contributed by atoms with Crippen molar-refractivity contribution in [3.8, 4) is 12.3 Å². The van der Waals surface area contributed by atoms with Crippen molar-refractivity contribution >= 4 is 25.5 Å².